The molecule has 1 amide bonds. The third-order valence-corrected chi connectivity index (χ3v) is 4.21. The summed E-state index contributed by atoms with van der Waals surface area (Å²) in [6, 6.07) is 11.7. The number of aromatic amines is 1. The number of methoxy groups -OCH3 is 2. The molecular formula is C21H21N3O5. The molecule has 1 atom stereocenters. The number of anilines is 1. The van der Waals surface area contributed by atoms with E-state index in [1.807, 2.05) is 0 Å². The van der Waals surface area contributed by atoms with Gasteiger partial charge in [0.1, 0.15) is 17.3 Å². The topological polar surface area (TPSA) is 103 Å². The van der Waals surface area contributed by atoms with Gasteiger partial charge >= 0.3 is 5.97 Å². The lowest BCUT2D eigenvalue weighted by Crippen LogP contribution is -2.30. The van der Waals surface area contributed by atoms with Gasteiger partial charge in [0.25, 0.3) is 5.91 Å². The van der Waals surface area contributed by atoms with Crippen molar-refractivity contribution in [3.05, 3.63) is 60.4 Å². The number of rotatable bonds is 7. The molecule has 2 N–H and O–H groups in total. The predicted octanol–water partition coefficient (Wildman–Crippen LogP) is 3.28. The summed E-state index contributed by atoms with van der Waals surface area (Å²) < 4.78 is 15.7. The Morgan fingerprint density at radius 1 is 1.07 bits per heavy atom. The van der Waals surface area contributed by atoms with Crippen LogP contribution in [0.3, 0.4) is 0 Å². The van der Waals surface area contributed by atoms with Crippen molar-refractivity contribution in [1.82, 2.24) is 9.97 Å². The summed E-state index contributed by atoms with van der Waals surface area (Å²) in [7, 11) is 3.02. The van der Waals surface area contributed by atoms with E-state index in [-0.39, 0.29) is 0 Å². The van der Waals surface area contributed by atoms with E-state index in [2.05, 4.69) is 15.3 Å². The van der Waals surface area contributed by atoms with E-state index in [1.54, 1.807) is 54.9 Å². The van der Waals surface area contributed by atoms with Crippen molar-refractivity contribution >= 4 is 17.6 Å². The normalized spacial score (nSPS) is 11.4. The second-order valence-electron chi connectivity index (χ2n) is 6.12. The standard InChI is InChI=1S/C21H21N3O5/c1-13(20(25)24-17-9-8-16(27-2)12-18(17)28-3)29-21(26)15-6-4-14(5-7-15)19-22-10-11-23-19/h4-13H,1-3H3,(H,22,23)(H,24,25). The maximum atomic E-state index is 12.4. The third-order valence-electron chi connectivity index (χ3n) is 4.21. The van der Waals surface area contributed by atoms with Crippen LogP contribution < -0.4 is 14.8 Å². The number of esters is 1. The van der Waals surface area contributed by atoms with E-state index >= 15 is 0 Å². The van der Waals surface area contributed by atoms with Crippen LogP contribution in [0.2, 0.25) is 0 Å². The third kappa shape index (κ3) is 4.73. The number of hydrogen-bond acceptors (Lipinski definition) is 6. The van der Waals surface area contributed by atoms with Gasteiger partial charge < -0.3 is 24.5 Å². The molecule has 0 saturated carbocycles. The van der Waals surface area contributed by atoms with Crippen LogP contribution in [0.5, 0.6) is 11.5 Å². The average molecular weight is 395 g/mol. The molecule has 8 nitrogen and oxygen atoms in total. The van der Waals surface area contributed by atoms with E-state index in [1.165, 1.54) is 21.1 Å². The Morgan fingerprint density at radius 2 is 1.83 bits per heavy atom. The van der Waals surface area contributed by atoms with Crippen LogP contribution >= 0.6 is 0 Å². The molecule has 3 rings (SSSR count). The van der Waals surface area contributed by atoms with Crippen molar-refractivity contribution in [3.63, 3.8) is 0 Å². The summed E-state index contributed by atoms with van der Waals surface area (Å²) in [6.07, 6.45) is 2.37. The molecule has 0 bridgehead atoms. The van der Waals surface area contributed by atoms with Gasteiger partial charge in [-0.3, -0.25) is 4.79 Å². The molecule has 0 radical (unpaired) electrons. The van der Waals surface area contributed by atoms with Crippen molar-refractivity contribution in [3.8, 4) is 22.9 Å². The minimum atomic E-state index is -1.00. The predicted molar refractivity (Wildman–Crippen MR) is 107 cm³/mol. The minimum absolute atomic E-state index is 0.335. The van der Waals surface area contributed by atoms with E-state index < -0.39 is 18.0 Å². The average Bonchev–Trinajstić information content (AvgIpc) is 3.29. The van der Waals surface area contributed by atoms with Crippen LogP contribution in [0.15, 0.2) is 54.9 Å². The fraction of sp³-hybridized carbons (Fsp3) is 0.190. The first-order chi connectivity index (χ1) is 14.0. The molecule has 0 aliphatic heterocycles. The summed E-state index contributed by atoms with van der Waals surface area (Å²) in [4.78, 5) is 31.9. The molecular weight excluding hydrogens is 374 g/mol. The van der Waals surface area contributed by atoms with Crippen LogP contribution in [0.25, 0.3) is 11.4 Å². The van der Waals surface area contributed by atoms with Gasteiger partial charge in [0.2, 0.25) is 0 Å². The molecule has 150 valence electrons. The van der Waals surface area contributed by atoms with Crippen molar-refractivity contribution < 1.29 is 23.8 Å². The van der Waals surface area contributed by atoms with Crippen molar-refractivity contribution in [2.24, 2.45) is 0 Å². The lowest BCUT2D eigenvalue weighted by molar-refractivity contribution is -0.123. The monoisotopic (exact) mass is 395 g/mol. The van der Waals surface area contributed by atoms with Gasteiger partial charge in [-0.05, 0) is 31.2 Å². The van der Waals surface area contributed by atoms with Crippen molar-refractivity contribution in [1.29, 1.82) is 0 Å². The Labute approximate surface area is 167 Å². The van der Waals surface area contributed by atoms with Gasteiger partial charge in [0.15, 0.2) is 6.10 Å². The number of benzene rings is 2. The summed E-state index contributed by atoms with van der Waals surface area (Å²) in [5.41, 5.74) is 1.62. The van der Waals surface area contributed by atoms with Gasteiger partial charge in [-0.1, -0.05) is 12.1 Å². The molecule has 8 heteroatoms. The molecule has 0 saturated heterocycles. The number of carbonyl (C=O) groups excluding carboxylic acids is 2. The number of nitrogens with one attached hydrogen (secondary N) is 2. The lowest BCUT2D eigenvalue weighted by atomic mass is 10.1. The van der Waals surface area contributed by atoms with Crippen molar-refractivity contribution in [2.75, 3.05) is 19.5 Å². The zero-order valence-corrected chi connectivity index (χ0v) is 16.3. The van der Waals surface area contributed by atoms with Gasteiger partial charge in [0.05, 0.1) is 25.5 Å². The quantitative estimate of drug-likeness (QED) is 0.595. The molecule has 2 aromatic carbocycles. The number of amides is 1. The molecule has 0 aliphatic rings. The van der Waals surface area contributed by atoms with E-state index in [9.17, 15) is 9.59 Å². The number of imidazole rings is 1. The van der Waals surface area contributed by atoms with Gasteiger partial charge in [0, 0.05) is 24.0 Å². The Bertz CT molecular complexity index is 984. The molecule has 1 aromatic heterocycles. The highest BCUT2D eigenvalue weighted by Gasteiger charge is 2.20. The van der Waals surface area contributed by atoms with Crippen LogP contribution in [-0.4, -0.2) is 42.2 Å². The number of carbonyl (C=O) groups is 2. The van der Waals surface area contributed by atoms with E-state index in [4.69, 9.17) is 14.2 Å². The maximum absolute atomic E-state index is 12.4. The summed E-state index contributed by atoms with van der Waals surface area (Å²) >= 11 is 0. The van der Waals surface area contributed by atoms with E-state index in [0.717, 1.165) is 5.56 Å². The summed E-state index contributed by atoms with van der Waals surface area (Å²) in [5, 5.41) is 2.69. The van der Waals surface area contributed by atoms with Gasteiger partial charge in [-0.15, -0.1) is 0 Å². The van der Waals surface area contributed by atoms with Gasteiger partial charge in [-0.2, -0.15) is 0 Å². The molecule has 0 spiro atoms. The first-order valence-electron chi connectivity index (χ1n) is 8.85. The zero-order valence-electron chi connectivity index (χ0n) is 16.3. The van der Waals surface area contributed by atoms with Crippen LogP contribution in [0.1, 0.15) is 17.3 Å². The fourth-order valence-electron chi connectivity index (χ4n) is 2.61. The number of nitrogens with zero attached hydrogens (tertiary/aromatic N) is 1. The maximum Gasteiger partial charge on any atom is 0.338 e. The molecule has 3 aromatic rings. The number of aromatic nitrogens is 2. The molecule has 1 heterocycles. The molecule has 0 fully saturated rings. The second-order valence-corrected chi connectivity index (χ2v) is 6.12. The highest BCUT2D eigenvalue weighted by Crippen LogP contribution is 2.29. The van der Waals surface area contributed by atoms with Gasteiger partial charge in [-0.25, -0.2) is 9.78 Å². The fourth-order valence-corrected chi connectivity index (χ4v) is 2.61. The smallest absolute Gasteiger partial charge is 0.338 e. The Hall–Kier alpha value is -3.81. The Kier molecular flexibility index (Phi) is 6.13. The number of H-pyrrole nitrogens is 1. The second kappa shape index (κ2) is 8.92. The Morgan fingerprint density at radius 3 is 2.45 bits per heavy atom. The largest absolute Gasteiger partial charge is 0.497 e. The lowest BCUT2D eigenvalue weighted by Gasteiger charge is -2.16. The first kappa shape index (κ1) is 19.9. The zero-order chi connectivity index (χ0) is 20.8. The number of hydrogen-bond donors (Lipinski definition) is 2. The first-order valence-corrected chi connectivity index (χ1v) is 8.85. The molecule has 0 aliphatic carbocycles. The van der Waals surface area contributed by atoms with Crippen LogP contribution in [0.4, 0.5) is 5.69 Å². The number of ether oxygens (including phenoxy) is 3. The minimum Gasteiger partial charge on any atom is -0.497 e. The summed E-state index contributed by atoms with van der Waals surface area (Å²) in [5.74, 6) is 0.655. The van der Waals surface area contributed by atoms with Crippen molar-refractivity contribution in [2.45, 2.75) is 13.0 Å². The van der Waals surface area contributed by atoms with E-state index in [0.29, 0.717) is 28.6 Å². The van der Waals surface area contributed by atoms with Crippen LogP contribution in [0, 0.1) is 0 Å². The molecule has 1 unspecified atom stereocenters. The molecule has 29 heavy (non-hydrogen) atoms. The Balaban J connectivity index is 1.62. The highest BCUT2D eigenvalue weighted by molar-refractivity contribution is 5.98. The SMILES string of the molecule is COc1ccc(NC(=O)C(C)OC(=O)c2ccc(-c3ncc[nH]3)cc2)c(OC)c1. The summed E-state index contributed by atoms with van der Waals surface area (Å²) in [6.45, 7) is 1.50. The highest BCUT2D eigenvalue weighted by atomic mass is 16.5. The van der Waals surface area contributed by atoms with Crippen LogP contribution in [-0.2, 0) is 9.53 Å².